The van der Waals surface area contributed by atoms with Crippen LogP contribution in [0.15, 0.2) is 65.1 Å². The highest BCUT2D eigenvalue weighted by atomic mass is 32.1. The monoisotopic (exact) mass is 503 g/mol. The summed E-state index contributed by atoms with van der Waals surface area (Å²) in [5, 5.41) is 5.89. The van der Waals surface area contributed by atoms with E-state index in [9.17, 15) is 4.79 Å². The highest BCUT2D eigenvalue weighted by Crippen LogP contribution is 2.32. The number of thiocarbonyl (C=S) groups is 1. The number of hydrogen-bond donors (Lipinski definition) is 2. The van der Waals surface area contributed by atoms with Gasteiger partial charge in [-0.1, -0.05) is 26.0 Å². The average molecular weight is 504 g/mol. The Morgan fingerprint density at radius 3 is 2.56 bits per heavy atom. The van der Waals surface area contributed by atoms with Gasteiger partial charge in [-0.25, -0.2) is 4.98 Å². The molecule has 0 saturated heterocycles. The van der Waals surface area contributed by atoms with Gasteiger partial charge in [0.2, 0.25) is 5.89 Å². The lowest BCUT2D eigenvalue weighted by molar-refractivity contribution is 0.0977. The van der Waals surface area contributed by atoms with Gasteiger partial charge in [0.05, 0.1) is 18.9 Å². The van der Waals surface area contributed by atoms with E-state index in [1.54, 1.807) is 37.4 Å². The first-order valence-corrected chi connectivity index (χ1v) is 12.1. The summed E-state index contributed by atoms with van der Waals surface area (Å²) < 4.78 is 17.1. The largest absolute Gasteiger partial charge is 0.495 e. The number of rotatable bonds is 7. The quantitative estimate of drug-likeness (QED) is 0.277. The van der Waals surface area contributed by atoms with Crippen LogP contribution in [0.4, 0.5) is 5.69 Å². The van der Waals surface area contributed by atoms with E-state index in [2.05, 4.69) is 35.5 Å². The average Bonchev–Trinajstić information content (AvgIpc) is 3.27. The van der Waals surface area contributed by atoms with Crippen LogP contribution >= 0.6 is 12.2 Å². The predicted molar refractivity (Wildman–Crippen MR) is 146 cm³/mol. The maximum atomic E-state index is 12.8. The van der Waals surface area contributed by atoms with E-state index in [1.807, 2.05) is 38.1 Å². The Morgan fingerprint density at radius 1 is 1.03 bits per heavy atom. The molecule has 0 spiro atoms. The second-order valence-electron chi connectivity index (χ2n) is 8.92. The fourth-order valence-electron chi connectivity index (χ4n) is 3.68. The molecule has 0 fully saturated rings. The lowest BCUT2D eigenvalue weighted by Crippen LogP contribution is -2.34. The zero-order valence-electron chi connectivity index (χ0n) is 20.9. The van der Waals surface area contributed by atoms with E-state index in [0.717, 1.165) is 11.1 Å². The molecule has 0 aliphatic rings. The number of aromatic nitrogens is 1. The molecule has 1 heterocycles. The van der Waals surface area contributed by atoms with E-state index >= 15 is 0 Å². The standard InChI is InChI=1S/C28H29N3O4S/c1-16(2)18-9-12-25-23(14-18)29-27(35-25)20-10-11-24(33-5)22(15-20)30-28(36)31-26(32)19-7-6-8-21(13-19)34-17(3)4/h6-17H,1-5H3,(H2,30,31,32,36). The van der Waals surface area contributed by atoms with Crippen molar-refractivity contribution < 1.29 is 18.7 Å². The molecule has 7 nitrogen and oxygen atoms in total. The normalized spacial score (nSPS) is 11.1. The summed E-state index contributed by atoms with van der Waals surface area (Å²) in [5.41, 5.74) is 4.46. The van der Waals surface area contributed by atoms with Crippen molar-refractivity contribution in [2.75, 3.05) is 12.4 Å². The molecule has 0 atom stereocenters. The molecule has 4 aromatic rings. The highest BCUT2D eigenvalue weighted by molar-refractivity contribution is 7.80. The third-order valence-electron chi connectivity index (χ3n) is 5.47. The van der Waals surface area contributed by atoms with Crippen molar-refractivity contribution in [2.24, 2.45) is 0 Å². The van der Waals surface area contributed by atoms with E-state index in [0.29, 0.717) is 40.1 Å². The van der Waals surface area contributed by atoms with Crippen molar-refractivity contribution in [3.05, 3.63) is 71.8 Å². The number of benzene rings is 3. The fraction of sp³-hybridized carbons (Fsp3) is 0.250. The van der Waals surface area contributed by atoms with Crippen LogP contribution in [-0.4, -0.2) is 29.2 Å². The first-order valence-electron chi connectivity index (χ1n) is 11.7. The molecule has 0 aliphatic carbocycles. The van der Waals surface area contributed by atoms with Crippen molar-refractivity contribution >= 4 is 40.0 Å². The summed E-state index contributed by atoms with van der Waals surface area (Å²) in [6, 6.07) is 18.5. The first-order chi connectivity index (χ1) is 17.2. The molecule has 1 aromatic heterocycles. The Morgan fingerprint density at radius 2 is 1.83 bits per heavy atom. The van der Waals surface area contributed by atoms with E-state index in [4.69, 9.17) is 26.1 Å². The van der Waals surface area contributed by atoms with Crippen LogP contribution in [-0.2, 0) is 0 Å². The second-order valence-corrected chi connectivity index (χ2v) is 9.33. The van der Waals surface area contributed by atoms with Gasteiger partial charge in [0.15, 0.2) is 10.7 Å². The molecule has 0 aliphatic heterocycles. The number of hydrogen-bond acceptors (Lipinski definition) is 6. The molecule has 4 rings (SSSR count). The van der Waals surface area contributed by atoms with Gasteiger partial charge in [-0.05, 0) is 86.1 Å². The fourth-order valence-corrected chi connectivity index (χ4v) is 3.88. The van der Waals surface area contributed by atoms with Crippen LogP contribution in [0.5, 0.6) is 11.5 Å². The van der Waals surface area contributed by atoms with Crippen LogP contribution in [0.3, 0.4) is 0 Å². The van der Waals surface area contributed by atoms with Crippen LogP contribution in [0.2, 0.25) is 0 Å². The number of carbonyl (C=O) groups excluding carboxylic acids is 1. The van der Waals surface area contributed by atoms with Crippen molar-refractivity contribution in [1.82, 2.24) is 10.3 Å². The Hall–Kier alpha value is -3.91. The van der Waals surface area contributed by atoms with Crippen molar-refractivity contribution in [1.29, 1.82) is 0 Å². The Kier molecular flexibility index (Phi) is 7.55. The number of nitrogens with zero attached hydrogens (tertiary/aromatic N) is 1. The minimum atomic E-state index is -0.350. The zero-order valence-corrected chi connectivity index (χ0v) is 21.7. The third kappa shape index (κ3) is 5.83. The number of ether oxygens (including phenoxy) is 2. The van der Waals surface area contributed by atoms with Gasteiger partial charge in [0.25, 0.3) is 5.91 Å². The van der Waals surface area contributed by atoms with Crippen LogP contribution in [0, 0.1) is 0 Å². The summed E-state index contributed by atoms with van der Waals surface area (Å²) in [4.78, 5) is 17.4. The smallest absolute Gasteiger partial charge is 0.257 e. The first kappa shape index (κ1) is 25.2. The molecule has 3 aromatic carbocycles. The highest BCUT2D eigenvalue weighted by Gasteiger charge is 2.15. The van der Waals surface area contributed by atoms with Gasteiger partial charge in [-0.15, -0.1) is 0 Å². The minimum absolute atomic E-state index is 0.00398. The maximum Gasteiger partial charge on any atom is 0.257 e. The van der Waals surface area contributed by atoms with Crippen LogP contribution in [0.25, 0.3) is 22.6 Å². The number of nitrogens with one attached hydrogen (secondary N) is 2. The third-order valence-corrected chi connectivity index (χ3v) is 5.67. The predicted octanol–water partition coefficient (Wildman–Crippen LogP) is 6.54. The van der Waals surface area contributed by atoms with Crippen LogP contribution in [0.1, 0.15) is 49.5 Å². The zero-order chi connectivity index (χ0) is 25.8. The molecule has 0 unspecified atom stereocenters. The minimum Gasteiger partial charge on any atom is -0.495 e. The summed E-state index contributed by atoms with van der Waals surface area (Å²) in [5.74, 6) is 1.70. The number of fused-ring (bicyclic) bond motifs is 1. The van der Waals surface area contributed by atoms with Gasteiger partial charge in [0.1, 0.15) is 17.0 Å². The van der Waals surface area contributed by atoms with Crippen LogP contribution < -0.4 is 20.1 Å². The number of methoxy groups -OCH3 is 1. The maximum absolute atomic E-state index is 12.8. The van der Waals surface area contributed by atoms with Crippen molar-refractivity contribution in [3.63, 3.8) is 0 Å². The number of amides is 1. The molecule has 1 amide bonds. The lowest BCUT2D eigenvalue weighted by Gasteiger charge is -2.14. The Labute approximate surface area is 215 Å². The molecule has 186 valence electrons. The lowest BCUT2D eigenvalue weighted by atomic mass is 10.0. The summed E-state index contributed by atoms with van der Waals surface area (Å²) in [7, 11) is 1.56. The van der Waals surface area contributed by atoms with Gasteiger partial charge >= 0.3 is 0 Å². The Bertz CT molecular complexity index is 1410. The Balaban J connectivity index is 1.53. The number of anilines is 1. The molecule has 8 heteroatoms. The number of oxazole rings is 1. The summed E-state index contributed by atoms with van der Waals surface area (Å²) in [6.07, 6.45) is 0.00398. The van der Waals surface area contributed by atoms with E-state index < -0.39 is 0 Å². The molecular formula is C28H29N3O4S. The van der Waals surface area contributed by atoms with Gasteiger partial charge in [-0.2, -0.15) is 0 Å². The van der Waals surface area contributed by atoms with Crippen molar-refractivity contribution in [3.8, 4) is 23.0 Å². The molecule has 2 N–H and O–H groups in total. The number of carbonyl (C=O) groups is 1. The molecule has 0 radical (unpaired) electrons. The second kappa shape index (κ2) is 10.8. The molecular weight excluding hydrogens is 474 g/mol. The molecule has 0 saturated carbocycles. The van der Waals surface area contributed by atoms with E-state index in [1.165, 1.54) is 5.56 Å². The van der Waals surface area contributed by atoms with Gasteiger partial charge in [-0.3, -0.25) is 10.1 Å². The van der Waals surface area contributed by atoms with Gasteiger partial charge in [0, 0.05) is 11.1 Å². The SMILES string of the molecule is COc1ccc(-c2nc3cc(C(C)C)ccc3o2)cc1NC(=S)NC(=O)c1cccc(OC(C)C)c1. The summed E-state index contributed by atoms with van der Waals surface area (Å²) in [6.45, 7) is 8.14. The van der Waals surface area contributed by atoms with Gasteiger partial charge < -0.3 is 19.2 Å². The topological polar surface area (TPSA) is 85.6 Å². The molecule has 36 heavy (non-hydrogen) atoms. The van der Waals surface area contributed by atoms with E-state index in [-0.39, 0.29) is 17.1 Å². The van der Waals surface area contributed by atoms with Crippen molar-refractivity contribution in [2.45, 2.75) is 39.7 Å². The molecule has 0 bridgehead atoms. The summed E-state index contributed by atoms with van der Waals surface area (Å²) >= 11 is 5.40.